The van der Waals surface area contributed by atoms with Gasteiger partial charge in [-0.1, -0.05) is 11.3 Å². The third kappa shape index (κ3) is 3.50. The minimum atomic E-state index is 0.681. The molecule has 1 aromatic carbocycles. The molecular formula is C11H7Br2N5S3. The van der Waals surface area contributed by atoms with E-state index in [0.717, 1.165) is 18.4 Å². The van der Waals surface area contributed by atoms with Crippen LogP contribution in [0.2, 0.25) is 0 Å². The van der Waals surface area contributed by atoms with Crippen LogP contribution in [-0.4, -0.2) is 31.4 Å². The molecule has 0 atom stereocenters. The average Bonchev–Trinajstić information content (AvgIpc) is 3.07. The van der Waals surface area contributed by atoms with Gasteiger partial charge >= 0.3 is 0 Å². The predicted octanol–water partition coefficient (Wildman–Crippen LogP) is 4.52. The van der Waals surface area contributed by atoms with Crippen LogP contribution in [0.1, 0.15) is 0 Å². The molecule has 5 nitrogen and oxygen atoms in total. The molecule has 3 aromatic rings. The Morgan fingerprint density at radius 3 is 2.57 bits per heavy atom. The van der Waals surface area contributed by atoms with Crippen molar-refractivity contribution in [3.8, 4) is 5.69 Å². The van der Waals surface area contributed by atoms with Crippen LogP contribution in [0.5, 0.6) is 0 Å². The van der Waals surface area contributed by atoms with Crippen molar-refractivity contribution >= 4 is 66.7 Å². The third-order valence-electron chi connectivity index (χ3n) is 2.47. The minimum Gasteiger partial charge on any atom is -0.221 e. The smallest absolute Gasteiger partial charge is 0.221 e. The minimum absolute atomic E-state index is 0.681. The summed E-state index contributed by atoms with van der Waals surface area (Å²) in [5.74, 6) is 0. The average molecular weight is 465 g/mol. The molecule has 0 spiro atoms. The molecule has 0 radical (unpaired) electrons. The Hall–Kier alpha value is -0.420. The molecule has 0 aliphatic carbocycles. The van der Waals surface area contributed by atoms with Crippen molar-refractivity contribution in [1.29, 1.82) is 0 Å². The van der Waals surface area contributed by atoms with Crippen LogP contribution in [0.3, 0.4) is 0 Å². The number of benzene rings is 1. The SMILES string of the molecule is CSc1ccc(-n2nnnc2Sc2nc(Br)c(Br)s2)cc1. The van der Waals surface area contributed by atoms with Crippen LogP contribution < -0.4 is 0 Å². The first kappa shape index (κ1) is 15.5. The summed E-state index contributed by atoms with van der Waals surface area (Å²) in [5.41, 5.74) is 0.926. The largest absolute Gasteiger partial charge is 0.221 e. The molecule has 0 bridgehead atoms. The molecule has 0 aliphatic rings. The number of hydrogen-bond donors (Lipinski definition) is 0. The quantitative estimate of drug-likeness (QED) is 0.529. The monoisotopic (exact) mass is 463 g/mol. The number of aromatic nitrogens is 5. The highest BCUT2D eigenvalue weighted by atomic mass is 79.9. The first-order chi connectivity index (χ1) is 10.2. The summed E-state index contributed by atoms with van der Waals surface area (Å²) in [4.78, 5) is 5.59. The van der Waals surface area contributed by atoms with Gasteiger partial charge in [0.05, 0.1) is 5.69 Å². The van der Waals surface area contributed by atoms with Crippen molar-refractivity contribution in [3.05, 3.63) is 32.7 Å². The second-order valence-electron chi connectivity index (χ2n) is 3.72. The maximum Gasteiger partial charge on any atom is 0.221 e. The summed E-state index contributed by atoms with van der Waals surface area (Å²) in [5, 5.41) is 12.6. The van der Waals surface area contributed by atoms with Crippen LogP contribution in [0.15, 0.2) is 47.0 Å². The standard InChI is InChI=1S/C11H7Br2N5S3/c1-19-7-4-2-6(3-5-7)18-10(15-16-17-18)21-11-14-8(12)9(13)20-11/h2-5H,1H3. The lowest BCUT2D eigenvalue weighted by molar-refractivity contribution is 0.755. The van der Waals surface area contributed by atoms with E-state index in [1.807, 2.05) is 30.5 Å². The van der Waals surface area contributed by atoms with E-state index in [1.165, 1.54) is 28.0 Å². The van der Waals surface area contributed by atoms with E-state index < -0.39 is 0 Å². The van der Waals surface area contributed by atoms with Gasteiger partial charge < -0.3 is 0 Å². The molecule has 0 saturated carbocycles. The predicted molar refractivity (Wildman–Crippen MR) is 92.6 cm³/mol. The molecule has 0 unspecified atom stereocenters. The van der Waals surface area contributed by atoms with Gasteiger partial charge in [-0.25, -0.2) is 4.98 Å². The summed E-state index contributed by atoms with van der Waals surface area (Å²) < 4.78 is 4.31. The van der Waals surface area contributed by atoms with Crippen LogP contribution >= 0.6 is 66.7 Å². The zero-order chi connectivity index (χ0) is 14.8. The summed E-state index contributed by atoms with van der Waals surface area (Å²) in [6, 6.07) is 8.10. The Kier molecular flexibility index (Phi) is 4.99. The van der Waals surface area contributed by atoms with Gasteiger partial charge in [-0.2, -0.15) is 4.68 Å². The van der Waals surface area contributed by atoms with Crippen molar-refractivity contribution in [2.24, 2.45) is 0 Å². The molecular weight excluding hydrogens is 458 g/mol. The first-order valence-corrected chi connectivity index (χ1v) is 10.0. The van der Waals surface area contributed by atoms with E-state index in [1.54, 1.807) is 16.4 Å². The number of thioether (sulfide) groups is 1. The van der Waals surface area contributed by atoms with Crippen molar-refractivity contribution in [2.45, 2.75) is 14.4 Å². The summed E-state index contributed by atoms with van der Waals surface area (Å²) in [6.45, 7) is 0. The summed E-state index contributed by atoms with van der Waals surface area (Å²) >= 11 is 11.5. The van der Waals surface area contributed by atoms with E-state index >= 15 is 0 Å². The number of thiazole rings is 1. The molecule has 10 heteroatoms. The Morgan fingerprint density at radius 1 is 1.19 bits per heavy atom. The Bertz CT molecular complexity index is 736. The summed E-state index contributed by atoms with van der Waals surface area (Å²) in [6.07, 6.45) is 2.05. The van der Waals surface area contributed by atoms with Crippen molar-refractivity contribution in [1.82, 2.24) is 25.2 Å². The molecule has 3 rings (SSSR count). The van der Waals surface area contributed by atoms with Crippen molar-refractivity contribution < 1.29 is 0 Å². The van der Waals surface area contributed by atoms with Gasteiger partial charge in [0.25, 0.3) is 0 Å². The van der Waals surface area contributed by atoms with Crippen LogP contribution in [-0.2, 0) is 0 Å². The van der Waals surface area contributed by atoms with Crippen molar-refractivity contribution in [3.63, 3.8) is 0 Å². The van der Waals surface area contributed by atoms with Crippen LogP contribution in [0.4, 0.5) is 0 Å². The highest BCUT2D eigenvalue weighted by Gasteiger charge is 2.14. The molecule has 0 N–H and O–H groups in total. The van der Waals surface area contributed by atoms with E-state index in [2.05, 4.69) is 52.4 Å². The molecule has 0 amide bonds. The zero-order valence-electron chi connectivity index (χ0n) is 10.5. The number of hydrogen-bond acceptors (Lipinski definition) is 7. The van der Waals surface area contributed by atoms with Crippen LogP contribution in [0, 0.1) is 0 Å². The van der Waals surface area contributed by atoms with Gasteiger partial charge in [-0.3, -0.25) is 0 Å². The Balaban J connectivity index is 1.89. The topological polar surface area (TPSA) is 56.5 Å². The van der Waals surface area contributed by atoms with E-state index in [9.17, 15) is 0 Å². The fraction of sp³-hybridized carbons (Fsp3) is 0.0909. The highest BCUT2D eigenvalue weighted by Crippen LogP contribution is 2.37. The van der Waals surface area contributed by atoms with Gasteiger partial charge in [0.1, 0.15) is 8.39 Å². The van der Waals surface area contributed by atoms with Gasteiger partial charge in [0.15, 0.2) is 4.34 Å². The maximum atomic E-state index is 4.39. The zero-order valence-corrected chi connectivity index (χ0v) is 16.1. The van der Waals surface area contributed by atoms with E-state index in [4.69, 9.17) is 0 Å². The molecule has 0 saturated heterocycles. The summed E-state index contributed by atoms with van der Waals surface area (Å²) in [7, 11) is 0. The van der Waals surface area contributed by atoms with Gasteiger partial charge in [-0.15, -0.1) is 16.9 Å². The number of nitrogens with zero attached hydrogens (tertiary/aromatic N) is 5. The molecule has 2 heterocycles. The van der Waals surface area contributed by atoms with E-state index in [0.29, 0.717) is 5.16 Å². The van der Waals surface area contributed by atoms with Crippen LogP contribution in [0.25, 0.3) is 5.69 Å². The lowest BCUT2D eigenvalue weighted by Gasteiger charge is -2.03. The lowest BCUT2D eigenvalue weighted by Crippen LogP contribution is -1.98. The van der Waals surface area contributed by atoms with Crippen molar-refractivity contribution in [2.75, 3.05) is 6.26 Å². The second-order valence-corrected chi connectivity index (χ2v) is 8.88. The molecule has 108 valence electrons. The number of halogens is 2. The molecule has 0 fully saturated rings. The first-order valence-electron chi connectivity index (χ1n) is 5.60. The third-order valence-corrected chi connectivity index (χ3v) is 7.28. The molecule has 21 heavy (non-hydrogen) atoms. The number of rotatable bonds is 4. The second kappa shape index (κ2) is 6.78. The number of tetrazole rings is 1. The maximum absolute atomic E-state index is 4.39. The molecule has 2 aromatic heterocycles. The highest BCUT2D eigenvalue weighted by molar-refractivity contribution is 9.13. The molecule has 0 aliphatic heterocycles. The van der Waals surface area contributed by atoms with Gasteiger partial charge in [0, 0.05) is 4.90 Å². The fourth-order valence-corrected chi connectivity index (χ4v) is 5.11. The lowest BCUT2D eigenvalue weighted by atomic mass is 10.3. The Morgan fingerprint density at radius 2 is 1.95 bits per heavy atom. The normalized spacial score (nSPS) is 11.0. The fourth-order valence-electron chi connectivity index (χ4n) is 1.52. The van der Waals surface area contributed by atoms with Gasteiger partial charge in [-0.05, 0) is 84.6 Å². The van der Waals surface area contributed by atoms with E-state index in [-0.39, 0.29) is 0 Å². The Labute approximate surface area is 150 Å². The van der Waals surface area contributed by atoms with Gasteiger partial charge in [0.2, 0.25) is 5.16 Å².